The van der Waals surface area contributed by atoms with E-state index in [1.807, 2.05) is 6.07 Å². The molecule has 5 nitrogen and oxygen atoms in total. The highest BCUT2D eigenvalue weighted by Gasteiger charge is 2.17. The molecule has 0 radical (unpaired) electrons. The number of nitrogens with one attached hydrogen (secondary N) is 1. The van der Waals surface area contributed by atoms with Crippen molar-refractivity contribution in [3.05, 3.63) is 77.9 Å². The van der Waals surface area contributed by atoms with Crippen molar-refractivity contribution >= 4 is 23.2 Å². The number of para-hydroxylation sites is 1. The summed E-state index contributed by atoms with van der Waals surface area (Å²) < 4.78 is 40.0. The van der Waals surface area contributed by atoms with E-state index in [0.29, 0.717) is 5.69 Å². The van der Waals surface area contributed by atoms with Gasteiger partial charge in [-0.1, -0.05) is 18.2 Å². The van der Waals surface area contributed by atoms with Gasteiger partial charge in [-0.05, 0) is 30.3 Å². The highest BCUT2D eigenvalue weighted by Crippen LogP contribution is 2.22. The average molecular weight is 358 g/mol. The van der Waals surface area contributed by atoms with Crippen LogP contribution in [0.25, 0.3) is 0 Å². The number of rotatable bonds is 4. The third-order valence-electron chi connectivity index (χ3n) is 3.60. The van der Waals surface area contributed by atoms with E-state index < -0.39 is 23.4 Å². The summed E-state index contributed by atoms with van der Waals surface area (Å²) in [5.41, 5.74) is 0.374. The monoisotopic (exact) mass is 358 g/mol. The SMILES string of the molecule is CN(C(=O)c1ccnc(Nc2ccc(F)c(F)c2F)n1)c1ccccc1. The molecule has 0 saturated heterocycles. The maximum absolute atomic E-state index is 13.7. The predicted molar refractivity (Wildman–Crippen MR) is 90.8 cm³/mol. The van der Waals surface area contributed by atoms with E-state index in [2.05, 4.69) is 15.3 Å². The number of carbonyl (C=O) groups is 1. The largest absolute Gasteiger partial charge is 0.322 e. The Bertz CT molecular complexity index is 950. The Labute approximate surface area is 147 Å². The summed E-state index contributed by atoms with van der Waals surface area (Å²) in [5, 5.41) is 2.44. The molecule has 0 saturated carbocycles. The second kappa shape index (κ2) is 7.22. The summed E-state index contributed by atoms with van der Waals surface area (Å²) in [4.78, 5) is 21.8. The van der Waals surface area contributed by atoms with Crippen molar-refractivity contribution in [2.24, 2.45) is 0 Å². The number of halogens is 3. The molecule has 0 aliphatic heterocycles. The van der Waals surface area contributed by atoms with Crippen molar-refractivity contribution in [1.82, 2.24) is 9.97 Å². The average Bonchev–Trinajstić information content (AvgIpc) is 2.68. The van der Waals surface area contributed by atoms with Crippen LogP contribution < -0.4 is 10.2 Å². The van der Waals surface area contributed by atoms with Crippen molar-refractivity contribution in [3.63, 3.8) is 0 Å². The fourth-order valence-corrected chi connectivity index (χ4v) is 2.22. The van der Waals surface area contributed by atoms with Crippen LogP contribution in [0.3, 0.4) is 0 Å². The molecule has 8 heteroatoms. The number of nitrogens with zero attached hydrogens (tertiary/aromatic N) is 3. The Balaban J connectivity index is 1.85. The van der Waals surface area contributed by atoms with Gasteiger partial charge in [0.2, 0.25) is 5.95 Å². The lowest BCUT2D eigenvalue weighted by atomic mass is 10.2. The minimum Gasteiger partial charge on any atom is -0.322 e. The van der Waals surface area contributed by atoms with E-state index in [0.717, 1.165) is 12.1 Å². The van der Waals surface area contributed by atoms with Crippen LogP contribution in [0, 0.1) is 17.5 Å². The summed E-state index contributed by atoms with van der Waals surface area (Å²) in [6.45, 7) is 0. The van der Waals surface area contributed by atoms with Gasteiger partial charge in [0.15, 0.2) is 17.5 Å². The molecule has 0 bridgehead atoms. The molecule has 1 aromatic heterocycles. The number of amides is 1. The summed E-state index contributed by atoms with van der Waals surface area (Å²) in [6.07, 6.45) is 1.30. The quantitative estimate of drug-likeness (QED) is 0.719. The van der Waals surface area contributed by atoms with Crippen molar-refractivity contribution in [1.29, 1.82) is 0 Å². The summed E-state index contributed by atoms with van der Waals surface area (Å²) >= 11 is 0. The van der Waals surface area contributed by atoms with Crippen LogP contribution in [0.5, 0.6) is 0 Å². The smallest absolute Gasteiger partial charge is 0.276 e. The lowest BCUT2D eigenvalue weighted by molar-refractivity contribution is 0.0988. The Morgan fingerprint density at radius 1 is 1.00 bits per heavy atom. The zero-order chi connectivity index (χ0) is 18.7. The van der Waals surface area contributed by atoms with Gasteiger partial charge >= 0.3 is 0 Å². The first-order valence-electron chi connectivity index (χ1n) is 7.54. The first kappa shape index (κ1) is 17.4. The van der Waals surface area contributed by atoms with Crippen molar-refractivity contribution in [2.45, 2.75) is 0 Å². The normalized spacial score (nSPS) is 10.5. The van der Waals surface area contributed by atoms with Gasteiger partial charge in [0.05, 0.1) is 5.69 Å². The van der Waals surface area contributed by atoms with Crippen LogP contribution in [-0.4, -0.2) is 22.9 Å². The zero-order valence-electron chi connectivity index (χ0n) is 13.6. The first-order chi connectivity index (χ1) is 12.5. The Morgan fingerprint density at radius 3 is 2.46 bits per heavy atom. The van der Waals surface area contributed by atoms with Crippen LogP contribution in [0.4, 0.5) is 30.5 Å². The van der Waals surface area contributed by atoms with Gasteiger partial charge in [0.1, 0.15) is 5.69 Å². The molecule has 0 atom stereocenters. The molecule has 0 unspecified atom stereocenters. The molecule has 0 fully saturated rings. The fourth-order valence-electron chi connectivity index (χ4n) is 2.22. The second-order valence-electron chi connectivity index (χ2n) is 5.31. The summed E-state index contributed by atoms with van der Waals surface area (Å²) in [5.74, 6) is -4.84. The van der Waals surface area contributed by atoms with Crippen LogP contribution in [0.15, 0.2) is 54.7 Å². The van der Waals surface area contributed by atoms with Gasteiger partial charge in [0, 0.05) is 18.9 Å². The lowest BCUT2D eigenvalue weighted by Crippen LogP contribution is -2.27. The number of anilines is 3. The molecule has 26 heavy (non-hydrogen) atoms. The standard InChI is InChI=1S/C18H13F3N4O/c1-25(11-5-3-2-4-6-11)17(26)14-9-10-22-18(24-14)23-13-8-7-12(19)15(20)16(13)21/h2-10H,1H3,(H,22,23,24). The van der Waals surface area contributed by atoms with Crippen molar-refractivity contribution < 1.29 is 18.0 Å². The van der Waals surface area contributed by atoms with E-state index in [1.165, 1.54) is 17.2 Å². The topological polar surface area (TPSA) is 58.1 Å². The predicted octanol–water partition coefficient (Wildman–Crippen LogP) is 3.91. The first-order valence-corrected chi connectivity index (χ1v) is 7.54. The lowest BCUT2D eigenvalue weighted by Gasteiger charge is -2.17. The van der Waals surface area contributed by atoms with Crippen LogP contribution in [0.2, 0.25) is 0 Å². The molecule has 132 valence electrons. The Hall–Kier alpha value is -3.42. The maximum atomic E-state index is 13.7. The molecule has 2 aromatic carbocycles. The molecule has 0 aliphatic rings. The molecule has 1 N–H and O–H groups in total. The third-order valence-corrected chi connectivity index (χ3v) is 3.60. The minimum atomic E-state index is -1.61. The Kier molecular flexibility index (Phi) is 4.83. The van der Waals surface area contributed by atoms with E-state index in [-0.39, 0.29) is 17.3 Å². The van der Waals surface area contributed by atoms with E-state index in [9.17, 15) is 18.0 Å². The van der Waals surface area contributed by atoms with Crippen molar-refractivity contribution in [2.75, 3.05) is 17.3 Å². The molecule has 3 rings (SSSR count). The van der Waals surface area contributed by atoms with E-state index >= 15 is 0 Å². The molecule has 0 spiro atoms. The van der Waals surface area contributed by atoms with Gasteiger partial charge in [-0.3, -0.25) is 4.79 Å². The Morgan fingerprint density at radius 2 is 1.73 bits per heavy atom. The molecule has 1 amide bonds. The second-order valence-corrected chi connectivity index (χ2v) is 5.31. The zero-order valence-corrected chi connectivity index (χ0v) is 13.6. The summed E-state index contributed by atoms with van der Waals surface area (Å²) in [6, 6.07) is 12.1. The van der Waals surface area contributed by atoms with Crippen LogP contribution in [-0.2, 0) is 0 Å². The number of benzene rings is 2. The molecular formula is C18H13F3N4O. The number of carbonyl (C=O) groups excluding carboxylic acids is 1. The van der Waals surface area contributed by atoms with Crippen LogP contribution >= 0.6 is 0 Å². The highest BCUT2D eigenvalue weighted by atomic mass is 19.2. The van der Waals surface area contributed by atoms with Crippen molar-refractivity contribution in [3.8, 4) is 0 Å². The van der Waals surface area contributed by atoms with Gasteiger partial charge in [0.25, 0.3) is 5.91 Å². The number of hydrogen-bond acceptors (Lipinski definition) is 4. The third kappa shape index (κ3) is 3.49. The van der Waals surface area contributed by atoms with Gasteiger partial charge in [-0.2, -0.15) is 0 Å². The maximum Gasteiger partial charge on any atom is 0.276 e. The van der Waals surface area contributed by atoms with Gasteiger partial charge < -0.3 is 10.2 Å². The molecule has 0 aliphatic carbocycles. The fraction of sp³-hybridized carbons (Fsp3) is 0.0556. The summed E-state index contributed by atoms with van der Waals surface area (Å²) in [7, 11) is 1.59. The van der Waals surface area contributed by atoms with Gasteiger partial charge in [-0.15, -0.1) is 0 Å². The number of hydrogen-bond donors (Lipinski definition) is 1. The highest BCUT2D eigenvalue weighted by molar-refractivity contribution is 6.04. The van der Waals surface area contributed by atoms with Gasteiger partial charge in [-0.25, -0.2) is 23.1 Å². The van der Waals surface area contributed by atoms with E-state index in [4.69, 9.17) is 0 Å². The number of aromatic nitrogens is 2. The van der Waals surface area contributed by atoms with Crippen LogP contribution in [0.1, 0.15) is 10.5 Å². The molecule has 3 aromatic rings. The van der Waals surface area contributed by atoms with E-state index in [1.54, 1.807) is 31.3 Å². The molecule has 1 heterocycles. The molecular weight excluding hydrogens is 345 g/mol. The minimum absolute atomic E-state index is 0.0526.